The molecule has 1 aromatic heterocycles. The van der Waals surface area contributed by atoms with E-state index in [1.165, 1.54) is 10.9 Å². The minimum Gasteiger partial charge on any atom is -0.315 e. The van der Waals surface area contributed by atoms with E-state index >= 15 is 0 Å². The van der Waals surface area contributed by atoms with Crippen LogP contribution in [0, 0.1) is 5.82 Å². The molecule has 0 fully saturated rings. The zero-order chi connectivity index (χ0) is 13.1. The van der Waals surface area contributed by atoms with Gasteiger partial charge in [-0.3, -0.25) is 0 Å². The minimum absolute atomic E-state index is 0.249. The van der Waals surface area contributed by atoms with E-state index in [-0.39, 0.29) is 5.82 Å². The van der Waals surface area contributed by atoms with Crippen molar-refractivity contribution in [1.82, 2.24) is 10.3 Å². The van der Waals surface area contributed by atoms with Crippen molar-refractivity contribution >= 4 is 27.3 Å². The Balaban J connectivity index is 2.40. The van der Waals surface area contributed by atoms with E-state index in [0.29, 0.717) is 4.47 Å². The first kappa shape index (κ1) is 13.6. The van der Waals surface area contributed by atoms with Gasteiger partial charge < -0.3 is 5.32 Å². The van der Waals surface area contributed by atoms with Crippen LogP contribution in [0.3, 0.4) is 0 Å². The smallest absolute Gasteiger partial charge is 0.137 e. The number of thiazole rings is 1. The SMILES string of the molecule is CCc1nc(-c2ccc(F)c(Br)c2)sc1CNC. The van der Waals surface area contributed by atoms with Gasteiger partial charge in [0.05, 0.1) is 10.2 Å². The maximum atomic E-state index is 13.2. The molecule has 5 heteroatoms. The summed E-state index contributed by atoms with van der Waals surface area (Å²) in [5.74, 6) is -0.249. The normalized spacial score (nSPS) is 10.9. The van der Waals surface area contributed by atoms with Crippen LogP contribution in [0.5, 0.6) is 0 Å². The zero-order valence-electron chi connectivity index (χ0n) is 10.3. The standard InChI is InChI=1S/C13H14BrFN2S/c1-3-11-12(7-16-2)18-13(17-11)8-4-5-10(15)9(14)6-8/h4-6,16H,3,7H2,1-2H3. The van der Waals surface area contributed by atoms with Crippen LogP contribution in [0.4, 0.5) is 4.39 Å². The quantitative estimate of drug-likeness (QED) is 0.917. The average molecular weight is 329 g/mol. The van der Waals surface area contributed by atoms with E-state index in [1.807, 2.05) is 7.05 Å². The maximum Gasteiger partial charge on any atom is 0.137 e. The van der Waals surface area contributed by atoms with Crippen molar-refractivity contribution in [2.24, 2.45) is 0 Å². The fourth-order valence-electron chi connectivity index (χ4n) is 1.71. The summed E-state index contributed by atoms with van der Waals surface area (Å²) in [5, 5.41) is 4.09. The number of benzene rings is 1. The van der Waals surface area contributed by atoms with Crippen molar-refractivity contribution in [1.29, 1.82) is 0 Å². The molecule has 0 bridgehead atoms. The second-order valence-corrected chi connectivity index (χ2v) is 5.84. The van der Waals surface area contributed by atoms with E-state index in [0.717, 1.165) is 29.2 Å². The molecule has 0 saturated heterocycles. The Labute approximate surface area is 118 Å². The summed E-state index contributed by atoms with van der Waals surface area (Å²) in [4.78, 5) is 5.87. The highest BCUT2D eigenvalue weighted by atomic mass is 79.9. The number of rotatable bonds is 4. The summed E-state index contributed by atoms with van der Waals surface area (Å²) in [5.41, 5.74) is 2.06. The second-order valence-electron chi connectivity index (χ2n) is 3.90. The third-order valence-corrected chi connectivity index (χ3v) is 4.37. The molecule has 2 nitrogen and oxygen atoms in total. The van der Waals surface area contributed by atoms with Gasteiger partial charge in [-0.1, -0.05) is 6.92 Å². The molecule has 0 aliphatic carbocycles. The van der Waals surface area contributed by atoms with E-state index < -0.39 is 0 Å². The number of halogens is 2. The first-order chi connectivity index (χ1) is 8.65. The summed E-state index contributed by atoms with van der Waals surface area (Å²) in [7, 11) is 1.92. The first-order valence-electron chi connectivity index (χ1n) is 5.74. The topological polar surface area (TPSA) is 24.9 Å². The van der Waals surface area contributed by atoms with Crippen molar-refractivity contribution in [3.63, 3.8) is 0 Å². The molecule has 0 aliphatic heterocycles. The Morgan fingerprint density at radius 3 is 2.83 bits per heavy atom. The highest BCUT2D eigenvalue weighted by molar-refractivity contribution is 9.10. The summed E-state index contributed by atoms with van der Waals surface area (Å²) in [6.45, 7) is 2.92. The van der Waals surface area contributed by atoms with Gasteiger partial charge >= 0.3 is 0 Å². The number of nitrogens with one attached hydrogen (secondary N) is 1. The molecule has 0 unspecified atom stereocenters. The summed E-state index contributed by atoms with van der Waals surface area (Å²) in [6, 6.07) is 5.00. The van der Waals surface area contributed by atoms with Crippen molar-refractivity contribution in [3.05, 3.63) is 39.1 Å². The Hall–Kier alpha value is -0.780. The lowest BCUT2D eigenvalue weighted by atomic mass is 10.2. The molecule has 2 rings (SSSR count). The number of hydrogen-bond acceptors (Lipinski definition) is 3. The van der Waals surface area contributed by atoms with Gasteiger partial charge in [0.25, 0.3) is 0 Å². The van der Waals surface area contributed by atoms with Crippen LogP contribution in [-0.2, 0) is 13.0 Å². The predicted octanol–water partition coefficient (Wildman–Crippen LogP) is 3.99. The number of aryl methyl sites for hydroxylation is 1. The third kappa shape index (κ3) is 2.79. The summed E-state index contributed by atoms with van der Waals surface area (Å²) < 4.78 is 13.7. The summed E-state index contributed by atoms with van der Waals surface area (Å²) in [6.07, 6.45) is 0.913. The van der Waals surface area contributed by atoms with Crippen LogP contribution in [0.2, 0.25) is 0 Å². The first-order valence-corrected chi connectivity index (χ1v) is 7.35. The molecular formula is C13H14BrFN2S. The molecule has 0 saturated carbocycles. The lowest BCUT2D eigenvalue weighted by Crippen LogP contribution is -2.05. The average Bonchev–Trinajstić information content (AvgIpc) is 2.76. The van der Waals surface area contributed by atoms with E-state index in [4.69, 9.17) is 0 Å². The van der Waals surface area contributed by atoms with Gasteiger partial charge in [-0.25, -0.2) is 9.37 Å². The van der Waals surface area contributed by atoms with E-state index in [1.54, 1.807) is 23.5 Å². The zero-order valence-corrected chi connectivity index (χ0v) is 12.7. The van der Waals surface area contributed by atoms with Crippen molar-refractivity contribution in [3.8, 4) is 10.6 Å². The Morgan fingerprint density at radius 2 is 2.22 bits per heavy atom. The summed E-state index contributed by atoms with van der Waals surface area (Å²) >= 11 is 4.87. The Morgan fingerprint density at radius 1 is 1.44 bits per heavy atom. The van der Waals surface area contributed by atoms with Gasteiger partial charge in [0.15, 0.2) is 0 Å². The van der Waals surface area contributed by atoms with Crippen LogP contribution in [-0.4, -0.2) is 12.0 Å². The van der Waals surface area contributed by atoms with Gasteiger partial charge in [-0.2, -0.15) is 0 Å². The maximum absolute atomic E-state index is 13.2. The van der Waals surface area contributed by atoms with Gasteiger partial charge in [0.1, 0.15) is 10.8 Å². The van der Waals surface area contributed by atoms with Crippen LogP contribution < -0.4 is 5.32 Å². The number of aromatic nitrogens is 1. The molecule has 2 aromatic rings. The van der Waals surface area contributed by atoms with Gasteiger partial charge in [-0.15, -0.1) is 11.3 Å². The van der Waals surface area contributed by atoms with Gasteiger partial charge in [0.2, 0.25) is 0 Å². The molecule has 0 radical (unpaired) electrons. The molecular weight excluding hydrogens is 315 g/mol. The fraction of sp³-hybridized carbons (Fsp3) is 0.308. The largest absolute Gasteiger partial charge is 0.315 e. The predicted molar refractivity (Wildman–Crippen MR) is 77.3 cm³/mol. The molecule has 0 atom stereocenters. The van der Waals surface area contributed by atoms with Crippen LogP contribution in [0.1, 0.15) is 17.5 Å². The molecule has 18 heavy (non-hydrogen) atoms. The third-order valence-electron chi connectivity index (χ3n) is 2.62. The molecule has 0 aliphatic rings. The van der Waals surface area contributed by atoms with Crippen LogP contribution in [0.15, 0.2) is 22.7 Å². The Kier molecular flexibility index (Phi) is 4.48. The molecule has 1 aromatic carbocycles. The van der Waals surface area contributed by atoms with Crippen LogP contribution >= 0.6 is 27.3 Å². The molecule has 96 valence electrons. The van der Waals surface area contributed by atoms with Crippen molar-refractivity contribution in [2.45, 2.75) is 19.9 Å². The number of nitrogens with zero attached hydrogens (tertiary/aromatic N) is 1. The molecule has 1 heterocycles. The lowest BCUT2D eigenvalue weighted by molar-refractivity contribution is 0.621. The van der Waals surface area contributed by atoms with Crippen LogP contribution in [0.25, 0.3) is 10.6 Å². The van der Waals surface area contributed by atoms with Crippen molar-refractivity contribution < 1.29 is 4.39 Å². The lowest BCUT2D eigenvalue weighted by Gasteiger charge is -1.98. The monoisotopic (exact) mass is 328 g/mol. The van der Waals surface area contributed by atoms with E-state index in [9.17, 15) is 4.39 Å². The van der Waals surface area contributed by atoms with Crippen molar-refractivity contribution in [2.75, 3.05) is 7.05 Å². The second kappa shape index (κ2) is 5.91. The Bertz CT molecular complexity index is 554. The van der Waals surface area contributed by atoms with E-state index in [2.05, 4.69) is 33.2 Å². The molecule has 0 spiro atoms. The highest BCUT2D eigenvalue weighted by Gasteiger charge is 2.11. The highest BCUT2D eigenvalue weighted by Crippen LogP contribution is 2.31. The van der Waals surface area contributed by atoms with Gasteiger partial charge in [0, 0.05) is 17.0 Å². The molecule has 0 amide bonds. The molecule has 1 N–H and O–H groups in total. The fourth-order valence-corrected chi connectivity index (χ4v) is 3.25. The van der Waals surface area contributed by atoms with Gasteiger partial charge in [-0.05, 0) is 47.6 Å². The number of hydrogen-bond donors (Lipinski definition) is 1. The minimum atomic E-state index is -0.249.